The summed E-state index contributed by atoms with van der Waals surface area (Å²) >= 11 is 0. The van der Waals surface area contributed by atoms with E-state index < -0.39 is 6.09 Å². The molecule has 164 valence electrons. The lowest BCUT2D eigenvalue weighted by Gasteiger charge is -2.14. The molecule has 2 N–H and O–H groups in total. The van der Waals surface area contributed by atoms with Crippen molar-refractivity contribution in [1.29, 1.82) is 0 Å². The van der Waals surface area contributed by atoms with Crippen LogP contribution >= 0.6 is 0 Å². The maximum atomic E-state index is 12.2. The van der Waals surface area contributed by atoms with Crippen LogP contribution < -0.4 is 10.6 Å². The maximum Gasteiger partial charge on any atom is 0.407 e. The van der Waals surface area contributed by atoms with Crippen LogP contribution in [-0.4, -0.2) is 31.1 Å². The van der Waals surface area contributed by atoms with Crippen molar-refractivity contribution in [3.05, 3.63) is 101 Å². The van der Waals surface area contributed by atoms with Crippen LogP contribution in [0, 0.1) is 0 Å². The first-order valence-corrected chi connectivity index (χ1v) is 10.9. The number of ether oxygens (including phenoxy) is 1. The Kier molecular flexibility index (Phi) is 5.48. The Bertz CT molecular complexity index is 1250. The summed E-state index contributed by atoms with van der Waals surface area (Å²) < 4.78 is 5.53. The van der Waals surface area contributed by atoms with Gasteiger partial charge in [-0.05, 0) is 46.4 Å². The van der Waals surface area contributed by atoms with Crippen LogP contribution in [0.2, 0.25) is 0 Å². The summed E-state index contributed by atoms with van der Waals surface area (Å²) in [7, 11) is 0. The number of carbonyl (C=O) groups is 3. The predicted octanol–water partition coefficient (Wildman–Crippen LogP) is 4.51. The largest absolute Gasteiger partial charge is 0.449 e. The molecule has 5 rings (SSSR count). The summed E-state index contributed by atoms with van der Waals surface area (Å²) in [5.41, 5.74) is 6.35. The highest BCUT2D eigenvalue weighted by molar-refractivity contribution is 6.21. The molecular formula is C27H22N2O4. The summed E-state index contributed by atoms with van der Waals surface area (Å²) in [6.07, 6.45) is 3.92. The molecule has 6 heteroatoms. The number of imide groups is 1. The third kappa shape index (κ3) is 4.03. The fraction of sp³-hybridized carbons (Fsp3) is 0.148. The molecule has 3 aromatic carbocycles. The Hall–Kier alpha value is -4.19. The van der Waals surface area contributed by atoms with E-state index in [-0.39, 0.29) is 24.3 Å². The molecule has 1 aliphatic carbocycles. The number of carbonyl (C=O) groups excluding carboxylic acids is 3. The number of hydrogen-bond acceptors (Lipinski definition) is 4. The standard InChI is InChI=1S/C27H22N2O4/c30-25-22-13-12-17(15-23(22)26(31)29-25)7-5-6-14-28-27(32)33-16-24-20-10-3-1-8-18(20)19-9-2-4-11-21(19)24/h1-5,7-13,15,24H,6,14,16H2,(H,28,32)(H,29,30,31). The summed E-state index contributed by atoms with van der Waals surface area (Å²) in [6, 6.07) is 21.6. The smallest absolute Gasteiger partial charge is 0.407 e. The van der Waals surface area contributed by atoms with E-state index in [1.165, 1.54) is 22.3 Å². The number of nitrogens with one attached hydrogen (secondary N) is 2. The summed E-state index contributed by atoms with van der Waals surface area (Å²) in [6.45, 7) is 0.711. The van der Waals surface area contributed by atoms with Gasteiger partial charge in [0.05, 0.1) is 11.1 Å². The molecular weight excluding hydrogens is 416 g/mol. The minimum absolute atomic E-state index is 0.0342. The molecule has 0 atom stereocenters. The number of hydrogen-bond donors (Lipinski definition) is 2. The first-order valence-electron chi connectivity index (χ1n) is 10.9. The zero-order valence-corrected chi connectivity index (χ0v) is 17.8. The van der Waals surface area contributed by atoms with Crippen LogP contribution in [0.15, 0.2) is 72.8 Å². The van der Waals surface area contributed by atoms with Crippen molar-refractivity contribution in [3.63, 3.8) is 0 Å². The Balaban J connectivity index is 1.12. The molecule has 2 aliphatic rings. The molecule has 0 fully saturated rings. The van der Waals surface area contributed by atoms with Crippen molar-refractivity contribution >= 4 is 24.0 Å². The van der Waals surface area contributed by atoms with Gasteiger partial charge in [-0.3, -0.25) is 14.9 Å². The van der Waals surface area contributed by atoms with E-state index in [2.05, 4.69) is 34.9 Å². The van der Waals surface area contributed by atoms with Crippen LogP contribution in [-0.2, 0) is 4.74 Å². The summed E-state index contributed by atoms with van der Waals surface area (Å²) in [4.78, 5) is 35.6. The fourth-order valence-electron chi connectivity index (χ4n) is 4.42. The van der Waals surface area contributed by atoms with Gasteiger partial charge in [0.2, 0.25) is 0 Å². The lowest BCUT2D eigenvalue weighted by molar-refractivity contribution is 0.0879. The first kappa shape index (κ1) is 20.7. The second kappa shape index (κ2) is 8.74. The molecule has 0 aromatic heterocycles. The first-order chi connectivity index (χ1) is 16.1. The summed E-state index contributed by atoms with van der Waals surface area (Å²) in [5.74, 6) is -0.702. The molecule has 1 aliphatic heterocycles. The van der Waals surface area contributed by atoms with Gasteiger partial charge in [-0.2, -0.15) is 0 Å². The van der Waals surface area contributed by atoms with E-state index in [0.717, 1.165) is 5.56 Å². The number of fused-ring (bicyclic) bond motifs is 4. The molecule has 3 amide bonds. The second-order valence-corrected chi connectivity index (χ2v) is 8.03. The molecule has 33 heavy (non-hydrogen) atoms. The number of rotatable bonds is 6. The van der Waals surface area contributed by atoms with E-state index in [9.17, 15) is 14.4 Å². The van der Waals surface area contributed by atoms with Crippen LogP contribution in [0.5, 0.6) is 0 Å². The van der Waals surface area contributed by atoms with Gasteiger partial charge in [0.15, 0.2) is 0 Å². The van der Waals surface area contributed by atoms with Gasteiger partial charge >= 0.3 is 6.09 Å². The van der Waals surface area contributed by atoms with E-state index in [1.807, 2.05) is 36.4 Å². The summed E-state index contributed by atoms with van der Waals surface area (Å²) in [5, 5.41) is 5.05. The highest BCUT2D eigenvalue weighted by atomic mass is 16.5. The Morgan fingerprint density at radius 1 is 0.879 bits per heavy atom. The predicted molar refractivity (Wildman–Crippen MR) is 125 cm³/mol. The molecule has 3 aromatic rings. The van der Waals surface area contributed by atoms with Gasteiger partial charge < -0.3 is 10.1 Å². The van der Waals surface area contributed by atoms with Gasteiger partial charge in [-0.1, -0.05) is 66.7 Å². The molecule has 6 nitrogen and oxygen atoms in total. The van der Waals surface area contributed by atoms with Crippen molar-refractivity contribution in [2.75, 3.05) is 13.2 Å². The normalized spacial score (nSPS) is 14.1. The quantitative estimate of drug-likeness (QED) is 0.438. The zero-order chi connectivity index (χ0) is 22.8. The molecule has 0 spiro atoms. The average molecular weight is 438 g/mol. The topological polar surface area (TPSA) is 84.5 Å². The molecule has 0 unspecified atom stereocenters. The van der Waals surface area contributed by atoms with Crippen LogP contribution in [0.1, 0.15) is 49.7 Å². The molecule has 0 saturated carbocycles. The molecule has 0 saturated heterocycles. The highest BCUT2D eigenvalue weighted by Crippen LogP contribution is 2.44. The van der Waals surface area contributed by atoms with Crippen LogP contribution in [0.4, 0.5) is 4.79 Å². The second-order valence-electron chi connectivity index (χ2n) is 8.03. The van der Waals surface area contributed by atoms with E-state index in [1.54, 1.807) is 18.2 Å². The maximum absolute atomic E-state index is 12.2. The van der Waals surface area contributed by atoms with Gasteiger partial charge in [0.1, 0.15) is 6.61 Å². The van der Waals surface area contributed by atoms with Crippen molar-refractivity contribution in [1.82, 2.24) is 10.6 Å². The van der Waals surface area contributed by atoms with Gasteiger partial charge in [0.25, 0.3) is 11.8 Å². The van der Waals surface area contributed by atoms with Crippen LogP contribution in [0.3, 0.4) is 0 Å². The van der Waals surface area contributed by atoms with Crippen molar-refractivity contribution in [2.45, 2.75) is 12.3 Å². The molecule has 0 radical (unpaired) electrons. The van der Waals surface area contributed by atoms with Gasteiger partial charge in [-0.15, -0.1) is 0 Å². The van der Waals surface area contributed by atoms with Crippen molar-refractivity contribution in [3.8, 4) is 11.1 Å². The molecule has 0 bridgehead atoms. The van der Waals surface area contributed by atoms with E-state index in [0.29, 0.717) is 24.1 Å². The van der Waals surface area contributed by atoms with Crippen molar-refractivity contribution in [2.24, 2.45) is 0 Å². The molecule has 1 heterocycles. The number of benzene rings is 3. The monoisotopic (exact) mass is 438 g/mol. The van der Waals surface area contributed by atoms with E-state index in [4.69, 9.17) is 4.74 Å². The lowest BCUT2D eigenvalue weighted by Crippen LogP contribution is -2.26. The van der Waals surface area contributed by atoms with Gasteiger partial charge in [-0.25, -0.2) is 4.79 Å². The third-order valence-corrected chi connectivity index (χ3v) is 5.99. The minimum atomic E-state index is -0.446. The van der Waals surface area contributed by atoms with Crippen molar-refractivity contribution < 1.29 is 19.1 Å². The number of alkyl carbamates (subject to hydrolysis) is 1. The van der Waals surface area contributed by atoms with E-state index >= 15 is 0 Å². The highest BCUT2D eigenvalue weighted by Gasteiger charge is 2.29. The Morgan fingerprint density at radius 3 is 2.27 bits per heavy atom. The minimum Gasteiger partial charge on any atom is -0.449 e. The Morgan fingerprint density at radius 2 is 1.55 bits per heavy atom. The fourth-order valence-corrected chi connectivity index (χ4v) is 4.42. The third-order valence-electron chi connectivity index (χ3n) is 5.99. The SMILES string of the molecule is O=C(NCCC=Cc1ccc2c(c1)C(=O)NC2=O)OCC1c2ccccc2-c2ccccc21. The average Bonchev–Trinajstić information content (AvgIpc) is 3.31. The zero-order valence-electron chi connectivity index (χ0n) is 17.8. The number of amides is 3. The lowest BCUT2D eigenvalue weighted by atomic mass is 9.98. The van der Waals surface area contributed by atoms with Crippen LogP contribution in [0.25, 0.3) is 17.2 Å². The van der Waals surface area contributed by atoms with Gasteiger partial charge in [0, 0.05) is 12.5 Å². The Labute approximate surface area is 191 Å².